The van der Waals surface area contributed by atoms with E-state index < -0.39 is 0 Å². The van der Waals surface area contributed by atoms with E-state index in [1.165, 1.54) is 5.56 Å². The number of fused-ring (bicyclic) bond motifs is 1. The number of nitrogens with zero attached hydrogens (tertiary/aromatic N) is 4. The van der Waals surface area contributed by atoms with Gasteiger partial charge in [0.15, 0.2) is 5.82 Å². The molecule has 0 bridgehead atoms. The lowest BCUT2D eigenvalue weighted by atomic mass is 9.96. The number of rotatable bonds is 5. The fourth-order valence-corrected chi connectivity index (χ4v) is 5.74. The van der Waals surface area contributed by atoms with E-state index in [4.69, 9.17) is 9.97 Å². The average Bonchev–Trinajstić information content (AvgIpc) is 3.38. The van der Waals surface area contributed by atoms with Crippen molar-refractivity contribution in [1.29, 1.82) is 0 Å². The minimum atomic E-state index is -0.0798. The summed E-state index contributed by atoms with van der Waals surface area (Å²) in [4.78, 5) is 40.1. The highest BCUT2D eigenvalue weighted by atomic mass is 16.2. The Morgan fingerprint density at radius 2 is 1.76 bits per heavy atom. The van der Waals surface area contributed by atoms with Crippen molar-refractivity contribution in [3.05, 3.63) is 53.0 Å². The summed E-state index contributed by atoms with van der Waals surface area (Å²) in [6, 6.07) is 10.2. The predicted octanol–water partition coefficient (Wildman–Crippen LogP) is 4.55. The van der Waals surface area contributed by atoms with Crippen molar-refractivity contribution in [3.8, 4) is 0 Å². The molecule has 1 aromatic carbocycles. The monoisotopic (exact) mass is 446 g/mol. The van der Waals surface area contributed by atoms with E-state index in [9.17, 15) is 9.59 Å². The normalized spacial score (nSPS) is 21.4. The summed E-state index contributed by atoms with van der Waals surface area (Å²) in [6.07, 6.45) is 9.33. The van der Waals surface area contributed by atoms with Crippen LogP contribution in [0.1, 0.15) is 80.1 Å². The number of amides is 2. The summed E-state index contributed by atoms with van der Waals surface area (Å²) >= 11 is 0. The van der Waals surface area contributed by atoms with Gasteiger partial charge in [-0.25, -0.2) is 9.97 Å². The summed E-state index contributed by atoms with van der Waals surface area (Å²) < 4.78 is 0. The van der Waals surface area contributed by atoms with Crippen LogP contribution >= 0.6 is 0 Å². The smallest absolute Gasteiger partial charge is 0.228 e. The third-order valence-corrected chi connectivity index (χ3v) is 7.61. The Balaban J connectivity index is 1.44. The number of hydrogen-bond acceptors (Lipinski definition) is 4. The number of carbonyl (C=O) groups excluding carboxylic acids is 2. The minimum absolute atomic E-state index is 0.0798. The topological polar surface area (TPSA) is 66.4 Å². The van der Waals surface area contributed by atoms with Crippen LogP contribution in [0.15, 0.2) is 30.3 Å². The maximum atomic E-state index is 13.3. The van der Waals surface area contributed by atoms with Gasteiger partial charge in [0.2, 0.25) is 11.8 Å². The molecule has 5 rings (SSSR count). The van der Waals surface area contributed by atoms with E-state index >= 15 is 0 Å². The molecule has 33 heavy (non-hydrogen) atoms. The number of benzene rings is 1. The molecular formula is C27H34N4O2. The standard InChI is InChI=1S/C27H34N4O2/c1-19-22-14-15-24(32)31(18-16-20-9-3-2-4-10-20)26(22)29-25(28-19)23-13-7-8-17-30(23)27(33)21-11-5-6-12-21/h2-4,9-10,21,23H,5-8,11-18H2,1H3. The molecule has 1 unspecified atom stereocenters. The molecule has 2 fully saturated rings. The molecule has 2 amide bonds. The highest BCUT2D eigenvalue weighted by Gasteiger charge is 2.36. The van der Waals surface area contributed by atoms with Crippen LogP contribution < -0.4 is 4.90 Å². The number of aromatic nitrogens is 2. The molecule has 3 heterocycles. The van der Waals surface area contributed by atoms with E-state index in [2.05, 4.69) is 17.0 Å². The predicted molar refractivity (Wildman–Crippen MR) is 128 cm³/mol. The Morgan fingerprint density at radius 1 is 1.00 bits per heavy atom. The van der Waals surface area contributed by atoms with Gasteiger partial charge in [-0.3, -0.25) is 14.5 Å². The molecule has 0 radical (unpaired) electrons. The average molecular weight is 447 g/mol. The zero-order valence-corrected chi connectivity index (χ0v) is 19.6. The van der Waals surface area contributed by atoms with E-state index in [1.807, 2.05) is 30.0 Å². The van der Waals surface area contributed by atoms with Crippen LogP contribution in [0.3, 0.4) is 0 Å². The quantitative estimate of drug-likeness (QED) is 0.676. The number of aryl methyl sites for hydroxylation is 1. The van der Waals surface area contributed by atoms with Crippen LogP contribution in [0.2, 0.25) is 0 Å². The number of likely N-dealkylation sites (tertiary alicyclic amines) is 1. The molecule has 1 atom stereocenters. The molecule has 1 saturated carbocycles. The second-order valence-electron chi connectivity index (χ2n) is 9.77. The third-order valence-electron chi connectivity index (χ3n) is 7.61. The number of hydrogen-bond donors (Lipinski definition) is 0. The summed E-state index contributed by atoms with van der Waals surface area (Å²) in [5.74, 6) is 2.06. The van der Waals surface area contributed by atoms with E-state index in [-0.39, 0.29) is 23.8 Å². The first-order valence-electron chi connectivity index (χ1n) is 12.6. The van der Waals surface area contributed by atoms with Gasteiger partial charge in [-0.2, -0.15) is 0 Å². The first-order valence-corrected chi connectivity index (χ1v) is 12.6. The van der Waals surface area contributed by atoms with Gasteiger partial charge in [0.05, 0.1) is 6.04 Å². The van der Waals surface area contributed by atoms with Crippen molar-refractivity contribution in [2.45, 2.75) is 77.2 Å². The molecule has 1 aromatic heterocycles. The molecule has 174 valence electrons. The van der Waals surface area contributed by atoms with Crippen LogP contribution in [-0.2, 0) is 22.4 Å². The Bertz CT molecular complexity index is 1020. The molecule has 6 heteroatoms. The van der Waals surface area contributed by atoms with Crippen LogP contribution in [0, 0.1) is 12.8 Å². The van der Waals surface area contributed by atoms with Gasteiger partial charge in [0.25, 0.3) is 0 Å². The first kappa shape index (κ1) is 22.1. The molecule has 1 saturated heterocycles. The zero-order chi connectivity index (χ0) is 22.8. The SMILES string of the molecule is Cc1nc(C2CCCCN2C(=O)C2CCCC2)nc2c1CCC(=O)N2CCc1ccccc1. The van der Waals surface area contributed by atoms with Crippen LogP contribution in [-0.4, -0.2) is 39.8 Å². The van der Waals surface area contributed by atoms with Gasteiger partial charge in [-0.15, -0.1) is 0 Å². The number of anilines is 1. The number of carbonyl (C=O) groups is 2. The number of piperidine rings is 1. The Morgan fingerprint density at radius 3 is 2.55 bits per heavy atom. The first-order chi connectivity index (χ1) is 16.1. The Labute approximate surface area is 196 Å². The Hall–Kier alpha value is -2.76. The maximum absolute atomic E-state index is 13.3. The summed E-state index contributed by atoms with van der Waals surface area (Å²) in [6.45, 7) is 3.43. The van der Waals surface area contributed by atoms with Gasteiger partial charge in [-0.05, 0) is 57.4 Å². The molecule has 2 aromatic rings. The lowest BCUT2D eigenvalue weighted by Crippen LogP contribution is -2.43. The van der Waals surface area contributed by atoms with Crippen LogP contribution in [0.25, 0.3) is 0 Å². The summed E-state index contributed by atoms with van der Waals surface area (Å²) in [5, 5.41) is 0. The lowest BCUT2D eigenvalue weighted by molar-refractivity contribution is -0.139. The Kier molecular flexibility index (Phi) is 6.43. The van der Waals surface area contributed by atoms with Crippen molar-refractivity contribution in [2.24, 2.45) is 5.92 Å². The lowest BCUT2D eigenvalue weighted by Gasteiger charge is -2.37. The van der Waals surface area contributed by atoms with Crippen molar-refractivity contribution in [1.82, 2.24) is 14.9 Å². The van der Waals surface area contributed by atoms with Gasteiger partial charge >= 0.3 is 0 Å². The van der Waals surface area contributed by atoms with Gasteiger partial charge in [0, 0.05) is 36.7 Å². The highest BCUT2D eigenvalue weighted by molar-refractivity contribution is 5.95. The van der Waals surface area contributed by atoms with Gasteiger partial charge in [0.1, 0.15) is 5.82 Å². The van der Waals surface area contributed by atoms with Crippen LogP contribution in [0.4, 0.5) is 5.82 Å². The van der Waals surface area contributed by atoms with Gasteiger partial charge in [-0.1, -0.05) is 43.2 Å². The largest absolute Gasteiger partial charge is 0.332 e. The highest BCUT2D eigenvalue weighted by Crippen LogP contribution is 2.36. The zero-order valence-electron chi connectivity index (χ0n) is 19.6. The molecule has 3 aliphatic rings. The van der Waals surface area contributed by atoms with Gasteiger partial charge < -0.3 is 4.90 Å². The minimum Gasteiger partial charge on any atom is -0.332 e. The fourth-order valence-electron chi connectivity index (χ4n) is 5.74. The van der Waals surface area contributed by atoms with Crippen molar-refractivity contribution < 1.29 is 9.59 Å². The van der Waals surface area contributed by atoms with Crippen LogP contribution in [0.5, 0.6) is 0 Å². The van der Waals surface area contributed by atoms with Crippen molar-refractivity contribution in [3.63, 3.8) is 0 Å². The van der Waals surface area contributed by atoms with E-state index in [0.29, 0.717) is 19.4 Å². The molecule has 1 aliphatic carbocycles. The molecule has 2 aliphatic heterocycles. The summed E-state index contributed by atoms with van der Waals surface area (Å²) in [5.41, 5.74) is 3.24. The van der Waals surface area contributed by atoms with E-state index in [1.54, 1.807) is 0 Å². The second kappa shape index (κ2) is 9.62. The maximum Gasteiger partial charge on any atom is 0.228 e. The second-order valence-corrected chi connectivity index (χ2v) is 9.77. The fraction of sp³-hybridized carbons (Fsp3) is 0.556. The van der Waals surface area contributed by atoms with E-state index in [0.717, 1.165) is 80.8 Å². The van der Waals surface area contributed by atoms with Crippen molar-refractivity contribution in [2.75, 3.05) is 18.0 Å². The molecule has 0 spiro atoms. The third kappa shape index (κ3) is 4.53. The summed E-state index contributed by atoms with van der Waals surface area (Å²) in [7, 11) is 0. The molecule has 6 nitrogen and oxygen atoms in total. The van der Waals surface area contributed by atoms with Crippen molar-refractivity contribution >= 4 is 17.6 Å². The molecular weight excluding hydrogens is 412 g/mol. The molecule has 0 N–H and O–H groups in total.